The molecule has 1 fully saturated rings. The zero-order valence-electron chi connectivity index (χ0n) is 20.6. The predicted molar refractivity (Wildman–Crippen MR) is 143 cm³/mol. The molecule has 196 valence electrons. The van der Waals surface area contributed by atoms with Crippen LogP contribution in [0.2, 0.25) is 5.02 Å². The number of nitrogens with two attached hydrogens (primary N) is 1. The molecule has 0 aliphatic carbocycles. The summed E-state index contributed by atoms with van der Waals surface area (Å²) >= 11 is 5.84. The van der Waals surface area contributed by atoms with Gasteiger partial charge in [-0.25, -0.2) is 8.78 Å². The highest BCUT2D eigenvalue weighted by Crippen LogP contribution is 2.44. The molecule has 0 unspecified atom stereocenters. The van der Waals surface area contributed by atoms with E-state index in [1.807, 2.05) is 91.0 Å². The van der Waals surface area contributed by atoms with Crippen LogP contribution in [0.5, 0.6) is 0 Å². The van der Waals surface area contributed by atoms with Gasteiger partial charge in [0.1, 0.15) is 22.3 Å². The van der Waals surface area contributed by atoms with Gasteiger partial charge in [0.15, 0.2) is 0 Å². The highest BCUT2D eigenvalue weighted by molar-refractivity contribution is 6.31. The van der Waals surface area contributed by atoms with Gasteiger partial charge >= 0.3 is 0 Å². The van der Waals surface area contributed by atoms with Crippen LogP contribution in [-0.4, -0.2) is 31.0 Å². The van der Waals surface area contributed by atoms with Gasteiger partial charge in [-0.05, 0) is 22.8 Å². The Bertz CT molecular complexity index is 1280. The number of rotatable bonds is 8. The van der Waals surface area contributed by atoms with E-state index in [4.69, 9.17) is 26.8 Å². The number of aliphatic hydroxyl groups excluding tert-OH is 1. The molecule has 0 amide bonds. The van der Waals surface area contributed by atoms with Crippen LogP contribution in [0.4, 0.5) is 8.78 Å². The van der Waals surface area contributed by atoms with E-state index >= 15 is 4.39 Å². The lowest BCUT2D eigenvalue weighted by Crippen LogP contribution is -2.48. The van der Waals surface area contributed by atoms with Crippen molar-refractivity contribution >= 4 is 11.6 Å². The van der Waals surface area contributed by atoms with E-state index in [9.17, 15) is 9.50 Å². The Labute approximate surface area is 225 Å². The van der Waals surface area contributed by atoms with Crippen LogP contribution < -0.4 is 5.73 Å². The summed E-state index contributed by atoms with van der Waals surface area (Å²) in [4.78, 5) is 0. The molecule has 0 aromatic heterocycles. The Morgan fingerprint density at radius 2 is 1.37 bits per heavy atom. The molecule has 4 aromatic rings. The third-order valence-corrected chi connectivity index (χ3v) is 7.73. The molecule has 1 heterocycles. The summed E-state index contributed by atoms with van der Waals surface area (Å²) in [6, 6.07) is 31.9. The lowest BCUT2D eigenvalue weighted by Gasteiger charge is -2.38. The van der Waals surface area contributed by atoms with Crippen LogP contribution in [0, 0.1) is 17.6 Å². The van der Waals surface area contributed by atoms with E-state index < -0.39 is 46.4 Å². The largest absolute Gasteiger partial charge is 0.396 e. The summed E-state index contributed by atoms with van der Waals surface area (Å²) in [5.41, 5.74) is 6.94. The summed E-state index contributed by atoms with van der Waals surface area (Å²) < 4.78 is 41.7. The van der Waals surface area contributed by atoms with E-state index in [1.165, 1.54) is 6.07 Å². The van der Waals surface area contributed by atoms with E-state index in [0.29, 0.717) is 0 Å². The van der Waals surface area contributed by atoms with Gasteiger partial charge in [-0.15, -0.1) is 0 Å². The van der Waals surface area contributed by atoms with Gasteiger partial charge in [-0.3, -0.25) is 0 Å². The summed E-state index contributed by atoms with van der Waals surface area (Å²) in [6.45, 7) is -0.451. The minimum atomic E-state index is -1.43. The number of halogens is 3. The molecule has 0 radical (unpaired) electrons. The van der Waals surface area contributed by atoms with E-state index in [1.54, 1.807) is 0 Å². The Balaban J connectivity index is 1.54. The molecule has 0 bridgehead atoms. The molecule has 5 rings (SSSR count). The fourth-order valence-corrected chi connectivity index (χ4v) is 5.55. The Morgan fingerprint density at radius 3 is 1.84 bits per heavy atom. The minimum Gasteiger partial charge on any atom is -0.396 e. The average Bonchev–Trinajstić information content (AvgIpc) is 3.29. The predicted octanol–water partition coefficient (Wildman–Crippen LogP) is 5.79. The van der Waals surface area contributed by atoms with Crippen LogP contribution in [0.1, 0.15) is 22.3 Å². The van der Waals surface area contributed by atoms with Crippen molar-refractivity contribution in [3.63, 3.8) is 0 Å². The summed E-state index contributed by atoms with van der Waals surface area (Å²) in [5.74, 6) is -2.57. The van der Waals surface area contributed by atoms with E-state index in [2.05, 4.69) is 0 Å². The number of hydrogen-bond acceptors (Lipinski definition) is 4. The maximum Gasteiger partial charge on any atom is 0.149 e. The van der Waals surface area contributed by atoms with Crippen molar-refractivity contribution in [2.24, 2.45) is 11.7 Å². The molecule has 4 nitrogen and oxygen atoms in total. The molecule has 1 aliphatic rings. The summed E-state index contributed by atoms with van der Waals surface area (Å²) in [7, 11) is 0. The quantitative estimate of drug-likeness (QED) is 0.221. The minimum absolute atomic E-state index is 0.00843. The molecule has 7 heteroatoms. The van der Waals surface area contributed by atoms with Crippen LogP contribution in [0.3, 0.4) is 0 Å². The highest BCUT2D eigenvalue weighted by Gasteiger charge is 2.51. The van der Waals surface area contributed by atoms with Gasteiger partial charge in [0.2, 0.25) is 0 Å². The van der Waals surface area contributed by atoms with Gasteiger partial charge in [0.05, 0.1) is 31.5 Å². The van der Waals surface area contributed by atoms with Crippen molar-refractivity contribution in [3.05, 3.63) is 142 Å². The molecule has 0 spiro atoms. The first kappa shape index (κ1) is 26.5. The van der Waals surface area contributed by atoms with Crippen LogP contribution in [0.25, 0.3) is 0 Å². The van der Waals surface area contributed by atoms with Gasteiger partial charge in [0, 0.05) is 11.5 Å². The Kier molecular flexibility index (Phi) is 7.61. The average molecular weight is 536 g/mol. The zero-order chi connectivity index (χ0) is 26.8. The van der Waals surface area contributed by atoms with Crippen molar-refractivity contribution in [2.45, 2.75) is 17.2 Å². The van der Waals surface area contributed by atoms with Crippen molar-refractivity contribution in [1.29, 1.82) is 0 Å². The fourth-order valence-electron chi connectivity index (χ4n) is 5.38. The monoisotopic (exact) mass is 535 g/mol. The van der Waals surface area contributed by atoms with Crippen molar-refractivity contribution in [2.75, 3.05) is 19.8 Å². The normalized spacial score (nSPS) is 21.5. The molecule has 1 aliphatic heterocycles. The molecule has 4 aromatic carbocycles. The van der Waals surface area contributed by atoms with Crippen molar-refractivity contribution in [3.8, 4) is 0 Å². The number of ether oxygens (including phenoxy) is 2. The molecule has 1 saturated heterocycles. The lowest BCUT2D eigenvalue weighted by atomic mass is 9.78. The smallest absolute Gasteiger partial charge is 0.149 e. The van der Waals surface area contributed by atoms with Crippen LogP contribution in [0.15, 0.2) is 103 Å². The zero-order valence-corrected chi connectivity index (χ0v) is 21.3. The van der Waals surface area contributed by atoms with Crippen LogP contribution in [-0.2, 0) is 20.6 Å². The first-order valence-corrected chi connectivity index (χ1v) is 12.8. The van der Waals surface area contributed by atoms with Crippen LogP contribution >= 0.6 is 11.6 Å². The Morgan fingerprint density at radius 1 is 0.868 bits per heavy atom. The summed E-state index contributed by atoms with van der Waals surface area (Å²) in [5, 5.41) is 9.74. The Hall–Kier alpha value is -3.13. The standard InChI is InChI=1S/C31H28ClF2NO3/c32-28-26(33)17-16-24(29(28)34)30(35)20-37-27(25(30)18-36)19-38-31(21-10-4-1-5-11-21,22-12-6-2-7-13-22)23-14-8-3-9-15-23/h1-17,25,27,36H,18-20,35H2/t25-,27-,30-/m1/s1. The van der Waals surface area contributed by atoms with Crippen molar-refractivity contribution in [1.82, 2.24) is 0 Å². The maximum absolute atomic E-state index is 15.0. The fraction of sp³-hybridized carbons (Fsp3) is 0.226. The molecular formula is C31H28ClF2NO3. The number of hydrogen-bond donors (Lipinski definition) is 2. The third-order valence-electron chi connectivity index (χ3n) is 7.39. The second-order valence-electron chi connectivity index (χ2n) is 9.49. The van der Waals surface area contributed by atoms with Crippen molar-refractivity contribution < 1.29 is 23.4 Å². The third kappa shape index (κ3) is 4.53. The van der Waals surface area contributed by atoms with Gasteiger partial charge in [-0.1, -0.05) is 109 Å². The van der Waals surface area contributed by atoms with E-state index in [-0.39, 0.29) is 18.8 Å². The molecule has 0 saturated carbocycles. The molecule has 38 heavy (non-hydrogen) atoms. The molecule has 3 atom stereocenters. The van der Waals surface area contributed by atoms with Gasteiger partial charge in [0.25, 0.3) is 0 Å². The van der Waals surface area contributed by atoms with Gasteiger partial charge < -0.3 is 20.3 Å². The summed E-state index contributed by atoms with van der Waals surface area (Å²) in [6.07, 6.45) is -0.677. The number of aliphatic hydroxyl groups is 1. The number of benzene rings is 4. The molecule has 3 N–H and O–H groups in total. The highest BCUT2D eigenvalue weighted by atomic mass is 35.5. The molecular weight excluding hydrogens is 508 g/mol. The second-order valence-corrected chi connectivity index (χ2v) is 9.87. The lowest BCUT2D eigenvalue weighted by molar-refractivity contribution is -0.0603. The first-order valence-electron chi connectivity index (χ1n) is 12.4. The maximum atomic E-state index is 15.0. The topological polar surface area (TPSA) is 64.7 Å². The first-order chi connectivity index (χ1) is 18.4. The van der Waals surface area contributed by atoms with E-state index in [0.717, 1.165) is 22.8 Å². The SMILES string of the molecule is N[C@@]1(c2ccc(F)c(Cl)c2F)CO[C@H](COC(c2ccccc2)(c2ccccc2)c2ccccc2)[C@H]1CO. The van der Waals surface area contributed by atoms with Gasteiger partial charge in [-0.2, -0.15) is 0 Å². The second kappa shape index (κ2) is 10.9.